The molecule has 0 aliphatic heterocycles. The van der Waals surface area contributed by atoms with Crippen molar-refractivity contribution in [2.45, 2.75) is 4.90 Å². The minimum atomic E-state index is -5.16. The lowest BCUT2D eigenvalue weighted by Gasteiger charge is -2.15. The molecule has 2 nitrogen and oxygen atoms in total. The number of hydrogen-bond donors (Lipinski definition) is 0. The van der Waals surface area contributed by atoms with Crippen molar-refractivity contribution in [3.05, 3.63) is 23.2 Å². The Balaban J connectivity index is 3.34. The zero-order chi connectivity index (χ0) is 11.9. The molecule has 0 spiro atoms. The summed E-state index contributed by atoms with van der Waals surface area (Å²) in [6.07, 6.45) is 0.882. The summed E-state index contributed by atoms with van der Waals surface area (Å²) >= 11 is 5.45. The van der Waals surface area contributed by atoms with Crippen LogP contribution in [-0.2, 0) is 9.84 Å². The third-order valence-electron chi connectivity index (χ3n) is 1.73. The highest BCUT2D eigenvalue weighted by Gasteiger charge is 2.26. The molecule has 15 heavy (non-hydrogen) atoms. The van der Waals surface area contributed by atoms with Crippen molar-refractivity contribution in [3.63, 3.8) is 0 Å². The maximum Gasteiger partial charge on any atom is 0.509 e. The van der Waals surface area contributed by atoms with Gasteiger partial charge in [-0.1, -0.05) is 23.7 Å². The first-order valence-corrected chi connectivity index (χ1v) is 6.09. The Morgan fingerprint density at radius 2 is 1.80 bits per heavy atom. The van der Waals surface area contributed by atoms with Crippen LogP contribution in [0.4, 0.5) is 12.9 Å². The molecule has 0 amide bonds. The van der Waals surface area contributed by atoms with Crippen molar-refractivity contribution in [1.29, 1.82) is 0 Å². The van der Waals surface area contributed by atoms with E-state index in [2.05, 4.69) is 0 Å². The summed E-state index contributed by atoms with van der Waals surface area (Å²) in [6.45, 7) is -5.16. The summed E-state index contributed by atoms with van der Waals surface area (Å²) in [5.41, 5.74) is -0.910. The first-order chi connectivity index (χ1) is 6.62. The quantitative estimate of drug-likeness (QED) is 0.757. The molecule has 0 aromatic heterocycles. The van der Waals surface area contributed by atoms with Gasteiger partial charge in [-0.25, -0.2) is 8.42 Å². The number of halogens is 4. The molecule has 1 rings (SSSR count). The Bertz CT molecular complexity index is 483. The summed E-state index contributed by atoms with van der Waals surface area (Å²) in [5, 5.41) is -0.408. The van der Waals surface area contributed by atoms with Gasteiger partial charge in [-0.15, -0.1) is 5.46 Å². The molecule has 0 N–H and O–H groups in total. The van der Waals surface area contributed by atoms with E-state index in [1.54, 1.807) is 0 Å². The molecule has 0 aliphatic carbocycles. The van der Waals surface area contributed by atoms with Gasteiger partial charge in [-0.2, -0.15) is 0 Å². The van der Waals surface area contributed by atoms with Gasteiger partial charge in [0.05, 0.1) is 9.92 Å². The second-order valence-corrected chi connectivity index (χ2v) is 5.43. The maximum atomic E-state index is 12.3. The summed E-state index contributed by atoms with van der Waals surface area (Å²) in [6, 6.07) is 2.20. The lowest BCUT2D eigenvalue weighted by atomic mass is 9.80. The fourth-order valence-corrected chi connectivity index (χ4v) is 2.36. The zero-order valence-corrected chi connectivity index (χ0v) is 9.12. The average Bonchev–Trinajstić information content (AvgIpc) is 1.99. The third kappa shape index (κ3) is 2.88. The van der Waals surface area contributed by atoms with E-state index in [4.69, 9.17) is 11.6 Å². The van der Waals surface area contributed by atoms with Crippen LogP contribution < -0.4 is 5.46 Å². The molecule has 0 saturated carbocycles. The summed E-state index contributed by atoms with van der Waals surface area (Å²) < 4.78 is 58.9. The van der Waals surface area contributed by atoms with Crippen molar-refractivity contribution >= 4 is 33.9 Å². The van der Waals surface area contributed by atoms with Crippen LogP contribution in [0.2, 0.25) is 5.02 Å². The Morgan fingerprint density at radius 1 is 1.27 bits per heavy atom. The molecule has 8 heteroatoms. The molecule has 0 fully saturated rings. The van der Waals surface area contributed by atoms with E-state index in [1.165, 1.54) is 0 Å². The first-order valence-electron chi connectivity index (χ1n) is 3.82. The van der Waals surface area contributed by atoms with Crippen molar-refractivity contribution in [2.24, 2.45) is 0 Å². The SMILES string of the molecule is CS(=O)(=O)c1ccc([B-](F)(F)F)cc1Cl. The van der Waals surface area contributed by atoms with Crippen molar-refractivity contribution in [1.82, 2.24) is 0 Å². The average molecular weight is 257 g/mol. The van der Waals surface area contributed by atoms with Gasteiger partial charge in [0, 0.05) is 6.26 Å². The summed E-state index contributed by atoms with van der Waals surface area (Å²) in [4.78, 5) is -0.298. The smallest absolute Gasteiger partial charge is 0.445 e. The highest BCUT2D eigenvalue weighted by molar-refractivity contribution is 7.90. The van der Waals surface area contributed by atoms with Crippen LogP contribution in [0.5, 0.6) is 0 Å². The molecule has 0 radical (unpaired) electrons. The Kier molecular flexibility index (Phi) is 3.07. The van der Waals surface area contributed by atoms with E-state index in [9.17, 15) is 21.4 Å². The Morgan fingerprint density at radius 3 is 2.13 bits per heavy atom. The van der Waals surface area contributed by atoms with Gasteiger partial charge >= 0.3 is 6.98 Å². The van der Waals surface area contributed by atoms with Crippen LogP contribution in [0.15, 0.2) is 23.1 Å². The monoisotopic (exact) mass is 257 g/mol. The molecular formula is C7H6BClF3O2S-. The van der Waals surface area contributed by atoms with Gasteiger partial charge in [0.1, 0.15) is 0 Å². The summed E-state index contributed by atoms with van der Waals surface area (Å²) in [5.74, 6) is 0. The van der Waals surface area contributed by atoms with Crippen LogP contribution in [0, 0.1) is 0 Å². The fourth-order valence-electron chi connectivity index (χ4n) is 1.02. The van der Waals surface area contributed by atoms with Crippen LogP contribution in [0.3, 0.4) is 0 Å². The number of hydrogen-bond acceptors (Lipinski definition) is 2. The molecule has 84 valence electrons. The normalized spacial score (nSPS) is 12.9. The van der Waals surface area contributed by atoms with Crippen molar-refractivity contribution < 1.29 is 21.4 Å². The standard InChI is InChI=1S/C7H6BClF3O2S/c1-15(13,14)7-3-2-5(4-6(7)9)8(10,11)12/h2-4H,1H3/q-1. The topological polar surface area (TPSA) is 34.1 Å². The Labute approximate surface area is 90.0 Å². The van der Waals surface area contributed by atoms with Gasteiger partial charge in [0.25, 0.3) is 0 Å². The highest BCUT2D eigenvalue weighted by Crippen LogP contribution is 2.21. The molecule has 0 unspecified atom stereocenters. The lowest BCUT2D eigenvalue weighted by molar-refractivity contribution is 0.501. The van der Waals surface area contributed by atoms with Crippen LogP contribution >= 0.6 is 11.6 Å². The van der Waals surface area contributed by atoms with E-state index in [-0.39, 0.29) is 4.90 Å². The van der Waals surface area contributed by atoms with E-state index < -0.39 is 27.3 Å². The minimum absolute atomic E-state index is 0.298. The lowest BCUT2D eigenvalue weighted by Crippen LogP contribution is -2.34. The van der Waals surface area contributed by atoms with Crippen molar-refractivity contribution in [3.8, 4) is 0 Å². The molecule has 0 heterocycles. The van der Waals surface area contributed by atoms with E-state index in [0.29, 0.717) is 12.1 Å². The molecule has 0 bridgehead atoms. The fraction of sp³-hybridized carbons (Fsp3) is 0.143. The van der Waals surface area contributed by atoms with E-state index in [0.717, 1.165) is 12.3 Å². The predicted molar refractivity (Wildman–Crippen MR) is 53.3 cm³/mol. The minimum Gasteiger partial charge on any atom is -0.445 e. The van der Waals surface area contributed by atoms with E-state index >= 15 is 0 Å². The van der Waals surface area contributed by atoms with E-state index in [1.807, 2.05) is 0 Å². The molecule has 0 saturated heterocycles. The molecule has 0 aliphatic rings. The predicted octanol–water partition coefficient (Wildman–Crippen LogP) is 1.80. The zero-order valence-electron chi connectivity index (χ0n) is 7.55. The second kappa shape index (κ2) is 3.71. The van der Waals surface area contributed by atoms with Gasteiger partial charge in [0.15, 0.2) is 9.84 Å². The van der Waals surface area contributed by atoms with Crippen LogP contribution in [-0.4, -0.2) is 21.7 Å². The van der Waals surface area contributed by atoms with Crippen LogP contribution in [0.25, 0.3) is 0 Å². The van der Waals surface area contributed by atoms with Gasteiger partial charge in [-0.3, -0.25) is 0 Å². The second-order valence-electron chi connectivity index (χ2n) is 3.04. The molecule has 1 aromatic carbocycles. The first kappa shape index (κ1) is 12.4. The number of rotatable bonds is 2. The van der Waals surface area contributed by atoms with Gasteiger partial charge in [-0.05, 0) is 6.07 Å². The molecular weight excluding hydrogens is 251 g/mol. The van der Waals surface area contributed by atoms with Gasteiger partial charge in [0.2, 0.25) is 0 Å². The highest BCUT2D eigenvalue weighted by atomic mass is 35.5. The van der Waals surface area contributed by atoms with Crippen LogP contribution in [0.1, 0.15) is 0 Å². The van der Waals surface area contributed by atoms with Crippen molar-refractivity contribution in [2.75, 3.05) is 6.26 Å². The third-order valence-corrected chi connectivity index (χ3v) is 3.31. The molecule has 1 aromatic rings. The van der Waals surface area contributed by atoms with Gasteiger partial charge < -0.3 is 12.9 Å². The largest absolute Gasteiger partial charge is 0.509 e. The maximum absolute atomic E-state index is 12.3. The number of sulfone groups is 1. The Hall–Kier alpha value is -0.685. The summed E-state index contributed by atoms with van der Waals surface area (Å²) in [7, 11) is -3.59. The number of benzene rings is 1. The molecule has 0 atom stereocenters.